The lowest BCUT2D eigenvalue weighted by atomic mass is 10.1. The summed E-state index contributed by atoms with van der Waals surface area (Å²) in [4.78, 5) is 0. The van der Waals surface area contributed by atoms with Crippen LogP contribution in [0.25, 0.3) is 0 Å². The van der Waals surface area contributed by atoms with Gasteiger partial charge in [0.25, 0.3) is 0 Å². The molecule has 0 aliphatic heterocycles. The zero-order chi connectivity index (χ0) is 13.1. The van der Waals surface area contributed by atoms with Gasteiger partial charge >= 0.3 is 7.60 Å². The van der Waals surface area contributed by atoms with Crippen LogP contribution in [0, 0.1) is 0 Å². The minimum atomic E-state index is -3.09. The van der Waals surface area contributed by atoms with Crippen molar-refractivity contribution in [3.05, 3.63) is 0 Å². The minimum Gasteiger partial charge on any atom is -0.318 e. The zero-order valence-corrected chi connectivity index (χ0v) is 12.4. The summed E-state index contributed by atoms with van der Waals surface area (Å²) in [5, 5.41) is 0. The van der Waals surface area contributed by atoms with Gasteiger partial charge in [-0.1, -0.05) is 39.0 Å². The van der Waals surface area contributed by atoms with Crippen LogP contribution >= 0.6 is 7.60 Å². The molecule has 0 aromatic carbocycles. The molecule has 0 saturated carbocycles. The largest absolute Gasteiger partial charge is 0.347 e. The molecule has 0 aromatic heterocycles. The van der Waals surface area contributed by atoms with Crippen LogP contribution in [0.1, 0.15) is 59.3 Å². The van der Waals surface area contributed by atoms with E-state index < -0.39 is 13.4 Å². The van der Waals surface area contributed by atoms with E-state index in [0.717, 1.165) is 12.8 Å². The van der Waals surface area contributed by atoms with Crippen LogP contribution in [-0.4, -0.2) is 19.0 Å². The van der Waals surface area contributed by atoms with Crippen LogP contribution < -0.4 is 5.73 Å². The lowest BCUT2D eigenvalue weighted by molar-refractivity contribution is 0.210. The molecule has 5 heteroatoms. The van der Waals surface area contributed by atoms with Gasteiger partial charge in [-0.25, -0.2) is 0 Å². The van der Waals surface area contributed by atoms with Gasteiger partial charge in [-0.15, -0.1) is 0 Å². The summed E-state index contributed by atoms with van der Waals surface area (Å²) >= 11 is 0. The van der Waals surface area contributed by atoms with E-state index in [9.17, 15) is 4.57 Å². The first-order valence-corrected chi connectivity index (χ1v) is 8.36. The predicted molar refractivity (Wildman–Crippen MR) is 72.2 cm³/mol. The molecule has 0 rings (SSSR count). The van der Waals surface area contributed by atoms with Gasteiger partial charge in [0.05, 0.1) is 13.2 Å². The van der Waals surface area contributed by atoms with Crippen LogP contribution in [0.2, 0.25) is 0 Å². The molecule has 0 saturated heterocycles. The first-order valence-electron chi connectivity index (χ1n) is 6.75. The maximum atomic E-state index is 12.3. The molecule has 17 heavy (non-hydrogen) atoms. The average molecular weight is 265 g/mol. The van der Waals surface area contributed by atoms with Crippen molar-refractivity contribution in [2.24, 2.45) is 5.73 Å². The summed E-state index contributed by atoms with van der Waals surface area (Å²) in [6, 6.07) is 0. The molecule has 104 valence electrons. The summed E-state index contributed by atoms with van der Waals surface area (Å²) in [7, 11) is -3.09. The normalized spacial score (nSPS) is 13.9. The van der Waals surface area contributed by atoms with E-state index in [-0.39, 0.29) is 0 Å². The van der Waals surface area contributed by atoms with Crippen molar-refractivity contribution >= 4 is 7.60 Å². The monoisotopic (exact) mass is 265 g/mol. The van der Waals surface area contributed by atoms with Gasteiger partial charge in [0.1, 0.15) is 5.78 Å². The molecule has 0 aliphatic carbocycles. The quantitative estimate of drug-likeness (QED) is 0.454. The maximum Gasteiger partial charge on any atom is 0.347 e. The summed E-state index contributed by atoms with van der Waals surface area (Å²) in [5.41, 5.74) is 5.93. The lowest BCUT2D eigenvalue weighted by Crippen LogP contribution is -2.23. The number of nitrogens with two attached hydrogens (primary N) is 1. The van der Waals surface area contributed by atoms with Crippen molar-refractivity contribution in [1.82, 2.24) is 0 Å². The second-order valence-electron chi connectivity index (χ2n) is 4.15. The van der Waals surface area contributed by atoms with Gasteiger partial charge in [-0.2, -0.15) is 0 Å². The SMILES string of the molecule is CCCCCCCC(N)P(=O)(OCC)OCC. The summed E-state index contributed by atoms with van der Waals surface area (Å²) in [6.07, 6.45) is 6.54. The van der Waals surface area contributed by atoms with E-state index >= 15 is 0 Å². The van der Waals surface area contributed by atoms with E-state index in [4.69, 9.17) is 14.8 Å². The lowest BCUT2D eigenvalue weighted by Gasteiger charge is -2.23. The molecule has 0 aliphatic rings. The Balaban J connectivity index is 3.97. The van der Waals surface area contributed by atoms with Crippen LogP contribution in [0.3, 0.4) is 0 Å². The van der Waals surface area contributed by atoms with Crippen molar-refractivity contribution in [3.63, 3.8) is 0 Å². The first-order chi connectivity index (χ1) is 8.10. The van der Waals surface area contributed by atoms with Gasteiger partial charge in [0.2, 0.25) is 0 Å². The summed E-state index contributed by atoms with van der Waals surface area (Å²) in [5.74, 6) is -0.482. The van der Waals surface area contributed by atoms with Crippen molar-refractivity contribution < 1.29 is 13.6 Å². The molecular formula is C12H28NO3P. The molecule has 0 fully saturated rings. The Bertz CT molecular complexity index is 214. The topological polar surface area (TPSA) is 61.6 Å². The Labute approximate surface area is 106 Å². The van der Waals surface area contributed by atoms with Crippen molar-refractivity contribution in [1.29, 1.82) is 0 Å². The standard InChI is InChI=1S/C12H28NO3P/c1-4-7-8-9-10-11-12(13)17(14,15-5-2)16-6-3/h12H,4-11,13H2,1-3H3. The van der Waals surface area contributed by atoms with Crippen molar-refractivity contribution in [3.8, 4) is 0 Å². The van der Waals surface area contributed by atoms with Gasteiger partial charge in [0.15, 0.2) is 0 Å². The maximum absolute atomic E-state index is 12.3. The van der Waals surface area contributed by atoms with Gasteiger partial charge in [-0.3, -0.25) is 4.57 Å². The predicted octanol–water partition coefficient (Wildman–Crippen LogP) is 3.90. The molecular weight excluding hydrogens is 237 g/mol. The second kappa shape index (κ2) is 10.1. The number of hydrogen-bond donors (Lipinski definition) is 1. The molecule has 0 heterocycles. The van der Waals surface area contributed by atoms with Gasteiger partial charge in [-0.05, 0) is 20.3 Å². The van der Waals surface area contributed by atoms with Crippen LogP contribution in [0.5, 0.6) is 0 Å². The highest BCUT2D eigenvalue weighted by Crippen LogP contribution is 2.52. The Morgan fingerprint density at radius 2 is 1.53 bits per heavy atom. The van der Waals surface area contributed by atoms with E-state index in [1.54, 1.807) is 13.8 Å². The van der Waals surface area contributed by atoms with Crippen LogP contribution in [0.15, 0.2) is 0 Å². The van der Waals surface area contributed by atoms with E-state index in [1.165, 1.54) is 19.3 Å². The van der Waals surface area contributed by atoms with Gasteiger partial charge < -0.3 is 14.8 Å². The molecule has 0 aromatic rings. The number of rotatable bonds is 11. The third-order valence-corrected chi connectivity index (χ3v) is 4.93. The molecule has 4 nitrogen and oxygen atoms in total. The Kier molecular flexibility index (Phi) is 10.1. The van der Waals surface area contributed by atoms with Crippen molar-refractivity contribution in [2.75, 3.05) is 13.2 Å². The minimum absolute atomic E-state index is 0.376. The highest BCUT2D eigenvalue weighted by molar-refractivity contribution is 7.54. The fourth-order valence-corrected chi connectivity index (χ4v) is 3.38. The van der Waals surface area contributed by atoms with E-state index in [0.29, 0.717) is 19.6 Å². The van der Waals surface area contributed by atoms with Gasteiger partial charge in [0, 0.05) is 0 Å². The number of unbranched alkanes of at least 4 members (excludes halogenated alkanes) is 4. The van der Waals surface area contributed by atoms with Crippen molar-refractivity contribution in [2.45, 2.75) is 65.1 Å². The number of hydrogen-bond acceptors (Lipinski definition) is 4. The second-order valence-corrected chi connectivity index (χ2v) is 6.40. The first kappa shape index (κ1) is 17.1. The Hall–Kier alpha value is 0.110. The fourth-order valence-electron chi connectivity index (χ4n) is 1.70. The summed E-state index contributed by atoms with van der Waals surface area (Å²) < 4.78 is 22.7. The Morgan fingerprint density at radius 3 is 2.00 bits per heavy atom. The molecule has 1 atom stereocenters. The third kappa shape index (κ3) is 7.20. The van der Waals surface area contributed by atoms with Crippen LogP contribution in [-0.2, 0) is 13.6 Å². The molecule has 2 N–H and O–H groups in total. The molecule has 1 unspecified atom stereocenters. The molecule has 0 radical (unpaired) electrons. The highest BCUT2D eigenvalue weighted by atomic mass is 31.2. The van der Waals surface area contributed by atoms with Crippen LogP contribution in [0.4, 0.5) is 0 Å². The summed E-state index contributed by atoms with van der Waals surface area (Å²) in [6.45, 7) is 6.55. The highest BCUT2D eigenvalue weighted by Gasteiger charge is 2.31. The van der Waals surface area contributed by atoms with E-state index in [2.05, 4.69) is 6.92 Å². The fraction of sp³-hybridized carbons (Fsp3) is 1.00. The zero-order valence-electron chi connectivity index (χ0n) is 11.5. The van der Waals surface area contributed by atoms with E-state index in [1.807, 2.05) is 0 Å². The Morgan fingerprint density at radius 1 is 1.00 bits per heavy atom. The molecule has 0 spiro atoms. The molecule has 0 bridgehead atoms. The average Bonchev–Trinajstić information content (AvgIpc) is 2.29. The smallest absolute Gasteiger partial charge is 0.318 e. The third-order valence-electron chi connectivity index (χ3n) is 2.63. The molecule has 0 amide bonds.